The molecule has 1 fully saturated rings. The van der Waals surface area contributed by atoms with Crippen molar-refractivity contribution in [2.24, 2.45) is 5.92 Å². The molecule has 0 spiro atoms. The number of nitrogens with one attached hydrogen (secondary N) is 1. The lowest BCUT2D eigenvalue weighted by molar-refractivity contribution is 0.119. The maximum Gasteiger partial charge on any atom is 0.0388 e. The zero-order valence-corrected chi connectivity index (χ0v) is 13.6. The first-order valence-electron chi connectivity index (χ1n) is 8.12. The van der Waals surface area contributed by atoms with E-state index in [1.165, 1.54) is 42.5 Å². The summed E-state index contributed by atoms with van der Waals surface area (Å²) in [5.41, 5.74) is 4.43. The van der Waals surface area contributed by atoms with Crippen LogP contribution in [0.25, 0.3) is 0 Å². The van der Waals surface area contributed by atoms with Gasteiger partial charge in [0.25, 0.3) is 0 Å². The largest absolute Gasteiger partial charge is 0.316 e. The Morgan fingerprint density at radius 2 is 2.10 bits per heavy atom. The fourth-order valence-corrected chi connectivity index (χ4v) is 3.52. The minimum Gasteiger partial charge on any atom is -0.316 e. The van der Waals surface area contributed by atoms with Crippen molar-refractivity contribution in [3.8, 4) is 0 Å². The lowest BCUT2D eigenvalue weighted by Crippen LogP contribution is -2.41. The minimum absolute atomic E-state index is 0.577. The smallest absolute Gasteiger partial charge is 0.0388 e. The average Bonchev–Trinajstić information content (AvgIpc) is 2.43. The zero-order valence-electron chi connectivity index (χ0n) is 13.6. The van der Waals surface area contributed by atoms with Crippen LogP contribution in [0.2, 0.25) is 0 Å². The van der Waals surface area contributed by atoms with E-state index < -0.39 is 0 Å². The van der Waals surface area contributed by atoms with Crippen LogP contribution in [-0.4, -0.2) is 31.6 Å². The van der Waals surface area contributed by atoms with Gasteiger partial charge in [-0.25, -0.2) is 0 Å². The van der Waals surface area contributed by atoms with Crippen molar-refractivity contribution in [1.82, 2.24) is 10.2 Å². The quantitative estimate of drug-likeness (QED) is 0.824. The molecule has 1 N–H and O–H groups in total. The number of rotatable bonds is 5. The highest BCUT2D eigenvalue weighted by Gasteiger charge is 2.31. The molecule has 0 radical (unpaired) electrons. The Morgan fingerprint density at radius 1 is 1.30 bits per heavy atom. The maximum absolute atomic E-state index is 3.63. The number of aryl methyl sites for hydroxylation is 1. The highest BCUT2D eigenvalue weighted by Crippen LogP contribution is 2.36. The highest BCUT2D eigenvalue weighted by atomic mass is 15.1. The molecule has 0 saturated carbocycles. The van der Waals surface area contributed by atoms with Gasteiger partial charge in [-0.15, -0.1) is 0 Å². The van der Waals surface area contributed by atoms with Crippen molar-refractivity contribution >= 4 is 0 Å². The van der Waals surface area contributed by atoms with Gasteiger partial charge in [0.2, 0.25) is 0 Å². The summed E-state index contributed by atoms with van der Waals surface area (Å²) in [5.74, 6) is 0.737. The molecule has 1 aromatic carbocycles. The van der Waals surface area contributed by atoms with Crippen LogP contribution < -0.4 is 5.32 Å². The molecule has 0 aliphatic carbocycles. The Balaban J connectivity index is 2.20. The molecule has 2 heteroatoms. The van der Waals surface area contributed by atoms with E-state index in [4.69, 9.17) is 0 Å². The Kier molecular flexibility index (Phi) is 5.62. The van der Waals surface area contributed by atoms with E-state index in [1.54, 1.807) is 0 Å². The van der Waals surface area contributed by atoms with Crippen LogP contribution in [-0.2, 0) is 0 Å². The molecule has 0 amide bonds. The first-order chi connectivity index (χ1) is 9.65. The third kappa shape index (κ3) is 3.42. The van der Waals surface area contributed by atoms with Gasteiger partial charge in [0.15, 0.2) is 0 Å². The second-order valence-corrected chi connectivity index (χ2v) is 6.32. The van der Waals surface area contributed by atoms with Gasteiger partial charge in [-0.05, 0) is 82.4 Å². The fourth-order valence-electron chi connectivity index (χ4n) is 3.52. The summed E-state index contributed by atoms with van der Waals surface area (Å²) in [6.07, 6.45) is 3.89. The van der Waals surface area contributed by atoms with Crippen LogP contribution in [0.3, 0.4) is 0 Å². The van der Waals surface area contributed by atoms with Crippen molar-refractivity contribution < 1.29 is 0 Å². The van der Waals surface area contributed by atoms with Crippen LogP contribution in [0.4, 0.5) is 0 Å². The standard InChI is InChI=1S/C18H30N2/c1-5-11-19-13-16-9-7-12-20(4)18(16)17-10-6-8-14(2)15(17)3/h6,8,10,16,18-19H,5,7,9,11-13H2,1-4H3. The van der Waals surface area contributed by atoms with Crippen molar-refractivity contribution in [3.63, 3.8) is 0 Å². The van der Waals surface area contributed by atoms with Crippen LogP contribution in [0.1, 0.15) is 48.9 Å². The summed E-state index contributed by atoms with van der Waals surface area (Å²) in [7, 11) is 2.29. The highest BCUT2D eigenvalue weighted by molar-refractivity contribution is 5.36. The lowest BCUT2D eigenvalue weighted by atomic mass is 9.82. The summed E-state index contributed by atoms with van der Waals surface area (Å²) < 4.78 is 0. The van der Waals surface area contributed by atoms with Crippen LogP contribution in [0.15, 0.2) is 18.2 Å². The number of likely N-dealkylation sites (tertiary alicyclic amines) is 1. The van der Waals surface area contributed by atoms with Gasteiger partial charge in [-0.3, -0.25) is 4.90 Å². The molecule has 2 atom stereocenters. The Hall–Kier alpha value is -0.860. The molecular formula is C18H30N2. The molecule has 1 aromatic rings. The summed E-state index contributed by atoms with van der Waals surface area (Å²) >= 11 is 0. The predicted molar refractivity (Wildman–Crippen MR) is 87.2 cm³/mol. The van der Waals surface area contributed by atoms with Crippen molar-refractivity contribution in [2.45, 2.75) is 46.1 Å². The molecule has 2 rings (SSSR count). The minimum atomic E-state index is 0.577. The summed E-state index contributed by atoms with van der Waals surface area (Å²) in [5, 5.41) is 3.63. The fraction of sp³-hybridized carbons (Fsp3) is 0.667. The van der Waals surface area contributed by atoms with Gasteiger partial charge in [0.1, 0.15) is 0 Å². The lowest BCUT2D eigenvalue weighted by Gasteiger charge is -2.40. The van der Waals surface area contributed by atoms with Crippen molar-refractivity contribution in [2.75, 3.05) is 26.7 Å². The number of benzene rings is 1. The van der Waals surface area contributed by atoms with Crippen LogP contribution in [0.5, 0.6) is 0 Å². The third-order valence-corrected chi connectivity index (χ3v) is 4.81. The van der Waals surface area contributed by atoms with E-state index in [2.05, 4.69) is 56.2 Å². The predicted octanol–water partition coefficient (Wildman–Crippen LogP) is 3.69. The first-order valence-corrected chi connectivity index (χ1v) is 8.12. The van der Waals surface area contributed by atoms with Gasteiger partial charge in [-0.1, -0.05) is 25.1 Å². The molecule has 1 saturated heterocycles. The normalized spacial score (nSPS) is 24.0. The Bertz CT molecular complexity index is 427. The summed E-state index contributed by atoms with van der Waals surface area (Å²) in [4.78, 5) is 2.56. The van der Waals surface area contributed by atoms with Gasteiger partial charge in [0.05, 0.1) is 0 Å². The van der Waals surface area contributed by atoms with Gasteiger partial charge in [-0.2, -0.15) is 0 Å². The first kappa shape index (κ1) is 15.5. The van der Waals surface area contributed by atoms with E-state index in [9.17, 15) is 0 Å². The van der Waals surface area contributed by atoms with Crippen molar-refractivity contribution in [1.29, 1.82) is 0 Å². The van der Waals surface area contributed by atoms with E-state index in [0.29, 0.717) is 6.04 Å². The van der Waals surface area contributed by atoms with E-state index in [1.807, 2.05) is 0 Å². The Morgan fingerprint density at radius 3 is 2.85 bits per heavy atom. The molecule has 1 heterocycles. The second kappa shape index (κ2) is 7.24. The second-order valence-electron chi connectivity index (χ2n) is 6.32. The van der Waals surface area contributed by atoms with Gasteiger partial charge < -0.3 is 5.32 Å². The van der Waals surface area contributed by atoms with Gasteiger partial charge in [0, 0.05) is 6.04 Å². The summed E-state index contributed by atoms with van der Waals surface area (Å²) in [6, 6.07) is 7.36. The molecule has 0 aromatic heterocycles. The number of nitrogens with zero attached hydrogens (tertiary/aromatic N) is 1. The zero-order chi connectivity index (χ0) is 14.5. The molecule has 1 aliphatic heterocycles. The number of piperidine rings is 1. The molecule has 20 heavy (non-hydrogen) atoms. The van der Waals surface area contributed by atoms with Crippen LogP contribution in [0, 0.1) is 19.8 Å². The Labute approximate surface area is 124 Å². The number of hydrogen-bond acceptors (Lipinski definition) is 2. The third-order valence-electron chi connectivity index (χ3n) is 4.81. The molecule has 2 nitrogen and oxygen atoms in total. The molecular weight excluding hydrogens is 244 g/mol. The van der Waals surface area contributed by atoms with Crippen LogP contribution >= 0.6 is 0 Å². The SMILES string of the molecule is CCCNCC1CCCN(C)C1c1cccc(C)c1C. The average molecular weight is 274 g/mol. The summed E-state index contributed by atoms with van der Waals surface area (Å²) in [6.45, 7) is 10.3. The topological polar surface area (TPSA) is 15.3 Å². The van der Waals surface area contributed by atoms with E-state index >= 15 is 0 Å². The van der Waals surface area contributed by atoms with Gasteiger partial charge >= 0.3 is 0 Å². The molecule has 0 bridgehead atoms. The molecule has 2 unspecified atom stereocenters. The monoisotopic (exact) mass is 274 g/mol. The molecule has 112 valence electrons. The van der Waals surface area contributed by atoms with E-state index in [-0.39, 0.29) is 0 Å². The van der Waals surface area contributed by atoms with E-state index in [0.717, 1.165) is 19.0 Å². The van der Waals surface area contributed by atoms with Crippen molar-refractivity contribution in [3.05, 3.63) is 34.9 Å². The number of hydrogen-bond donors (Lipinski definition) is 1. The molecule has 1 aliphatic rings. The maximum atomic E-state index is 3.63.